The van der Waals surface area contributed by atoms with E-state index < -0.39 is 0 Å². The maximum absolute atomic E-state index is 4.55. The fourth-order valence-electron chi connectivity index (χ4n) is 1.79. The maximum Gasteiger partial charge on any atom is 0.161 e. The molecule has 1 N–H and O–H groups in total. The number of rotatable bonds is 3. The van der Waals surface area contributed by atoms with E-state index in [1.54, 1.807) is 0 Å². The van der Waals surface area contributed by atoms with Crippen LogP contribution in [0.15, 0.2) is 29.3 Å². The highest BCUT2D eigenvalue weighted by atomic mass is 32.2. The number of aryl methyl sites for hydroxylation is 1. The van der Waals surface area contributed by atoms with E-state index in [2.05, 4.69) is 48.4 Å². The number of thioether (sulfide) groups is 1. The maximum atomic E-state index is 4.55. The van der Waals surface area contributed by atoms with E-state index in [-0.39, 0.29) is 0 Å². The Hall–Kier alpha value is -0.960. The number of nitrogens with one attached hydrogen (secondary N) is 1. The molecule has 0 radical (unpaired) electrons. The molecule has 0 aromatic heterocycles. The standard InChI is InChI=1S/C13H18N2S/c1-3-6-11-7-4-5-8-12(11)15-13-14-10(2)9-16-13/h4-5,7-8,10H,3,6,9H2,1-2H3,(H,14,15). The summed E-state index contributed by atoms with van der Waals surface area (Å²) in [5.41, 5.74) is 2.59. The molecule has 0 aliphatic carbocycles. The molecule has 2 nitrogen and oxygen atoms in total. The van der Waals surface area contributed by atoms with Crippen molar-refractivity contribution >= 4 is 22.6 Å². The summed E-state index contributed by atoms with van der Waals surface area (Å²) >= 11 is 1.81. The Bertz CT molecular complexity index is 387. The summed E-state index contributed by atoms with van der Waals surface area (Å²) in [7, 11) is 0. The second-order valence-corrected chi connectivity index (χ2v) is 5.14. The van der Waals surface area contributed by atoms with E-state index in [9.17, 15) is 0 Å². The number of aliphatic imine (C=N–C) groups is 1. The van der Waals surface area contributed by atoms with Crippen LogP contribution in [0, 0.1) is 0 Å². The lowest BCUT2D eigenvalue weighted by atomic mass is 10.1. The minimum absolute atomic E-state index is 0.450. The third-order valence-electron chi connectivity index (χ3n) is 2.58. The monoisotopic (exact) mass is 234 g/mol. The van der Waals surface area contributed by atoms with Crippen molar-refractivity contribution in [2.24, 2.45) is 4.99 Å². The Morgan fingerprint density at radius 1 is 1.44 bits per heavy atom. The van der Waals surface area contributed by atoms with Gasteiger partial charge in [0.15, 0.2) is 5.17 Å². The van der Waals surface area contributed by atoms with Crippen molar-refractivity contribution in [3.05, 3.63) is 29.8 Å². The molecule has 1 aromatic rings. The van der Waals surface area contributed by atoms with E-state index >= 15 is 0 Å². The van der Waals surface area contributed by atoms with Gasteiger partial charge in [0, 0.05) is 11.4 Å². The third kappa shape index (κ3) is 2.79. The molecule has 0 spiro atoms. The summed E-state index contributed by atoms with van der Waals surface area (Å²) < 4.78 is 0. The van der Waals surface area contributed by atoms with Gasteiger partial charge in [0.25, 0.3) is 0 Å². The second kappa shape index (κ2) is 5.39. The van der Waals surface area contributed by atoms with Crippen molar-refractivity contribution < 1.29 is 0 Å². The van der Waals surface area contributed by atoms with Crippen LogP contribution >= 0.6 is 11.8 Å². The molecule has 1 unspecified atom stereocenters. The first-order valence-corrected chi connectivity index (χ1v) is 6.83. The van der Waals surface area contributed by atoms with Gasteiger partial charge in [-0.3, -0.25) is 4.99 Å². The van der Waals surface area contributed by atoms with E-state index in [0.29, 0.717) is 6.04 Å². The average Bonchev–Trinajstić information content (AvgIpc) is 2.67. The first-order chi connectivity index (χ1) is 7.79. The van der Waals surface area contributed by atoms with E-state index in [1.807, 2.05) is 11.8 Å². The summed E-state index contributed by atoms with van der Waals surface area (Å²) in [5, 5.41) is 4.50. The van der Waals surface area contributed by atoms with Gasteiger partial charge in [0.05, 0.1) is 6.04 Å². The van der Waals surface area contributed by atoms with Crippen molar-refractivity contribution in [3.63, 3.8) is 0 Å². The van der Waals surface area contributed by atoms with Gasteiger partial charge in [-0.25, -0.2) is 0 Å². The lowest BCUT2D eigenvalue weighted by Gasteiger charge is -2.10. The van der Waals surface area contributed by atoms with Crippen LogP contribution in [0.25, 0.3) is 0 Å². The van der Waals surface area contributed by atoms with E-state index in [0.717, 1.165) is 17.3 Å². The molecule has 0 saturated heterocycles. The normalized spacial score (nSPS) is 19.6. The number of amidine groups is 1. The first kappa shape index (κ1) is 11.5. The van der Waals surface area contributed by atoms with Crippen molar-refractivity contribution in [2.75, 3.05) is 11.1 Å². The van der Waals surface area contributed by atoms with Crippen LogP contribution in [-0.4, -0.2) is 17.0 Å². The third-order valence-corrected chi connectivity index (χ3v) is 3.71. The molecule has 1 atom stereocenters. The SMILES string of the molecule is CCCc1ccccc1NC1=NC(C)CS1. The summed E-state index contributed by atoms with van der Waals surface area (Å²) in [6.45, 7) is 4.36. The Kier molecular flexibility index (Phi) is 3.88. The zero-order chi connectivity index (χ0) is 11.4. The Morgan fingerprint density at radius 3 is 2.94 bits per heavy atom. The molecular weight excluding hydrogens is 216 g/mol. The fourth-order valence-corrected chi connectivity index (χ4v) is 2.70. The molecule has 0 saturated carbocycles. The minimum Gasteiger partial charge on any atom is -0.335 e. The average molecular weight is 234 g/mol. The zero-order valence-electron chi connectivity index (χ0n) is 9.86. The molecule has 1 heterocycles. The molecule has 3 heteroatoms. The van der Waals surface area contributed by atoms with Gasteiger partial charge in [0.1, 0.15) is 0 Å². The topological polar surface area (TPSA) is 24.4 Å². The Morgan fingerprint density at radius 2 is 2.25 bits per heavy atom. The van der Waals surface area contributed by atoms with E-state index in [4.69, 9.17) is 0 Å². The van der Waals surface area contributed by atoms with Crippen LogP contribution in [0.1, 0.15) is 25.8 Å². The number of nitrogens with zero attached hydrogens (tertiary/aromatic N) is 1. The van der Waals surface area contributed by atoms with Crippen LogP contribution < -0.4 is 5.32 Å². The summed E-state index contributed by atoms with van der Waals surface area (Å²) in [6.07, 6.45) is 2.30. The van der Waals surface area contributed by atoms with Gasteiger partial charge in [-0.15, -0.1) is 0 Å². The largest absolute Gasteiger partial charge is 0.335 e. The van der Waals surface area contributed by atoms with Crippen molar-refractivity contribution in [1.82, 2.24) is 0 Å². The van der Waals surface area contributed by atoms with Crippen LogP contribution in [0.2, 0.25) is 0 Å². The number of hydrogen-bond acceptors (Lipinski definition) is 3. The molecule has 1 aromatic carbocycles. The molecule has 0 bridgehead atoms. The molecular formula is C13H18N2S. The molecule has 0 amide bonds. The highest BCUT2D eigenvalue weighted by Gasteiger charge is 2.14. The van der Waals surface area contributed by atoms with Gasteiger partial charge < -0.3 is 5.32 Å². The van der Waals surface area contributed by atoms with Gasteiger partial charge in [0.2, 0.25) is 0 Å². The zero-order valence-corrected chi connectivity index (χ0v) is 10.7. The number of anilines is 1. The van der Waals surface area contributed by atoms with E-state index in [1.165, 1.54) is 17.7 Å². The van der Waals surface area contributed by atoms with Gasteiger partial charge in [-0.2, -0.15) is 0 Å². The van der Waals surface area contributed by atoms with Crippen LogP contribution in [-0.2, 0) is 6.42 Å². The summed E-state index contributed by atoms with van der Waals surface area (Å²) in [6, 6.07) is 8.95. The number of para-hydroxylation sites is 1. The van der Waals surface area contributed by atoms with Gasteiger partial charge in [-0.1, -0.05) is 43.3 Å². The van der Waals surface area contributed by atoms with Crippen molar-refractivity contribution in [1.29, 1.82) is 0 Å². The van der Waals surface area contributed by atoms with Crippen molar-refractivity contribution in [2.45, 2.75) is 32.7 Å². The predicted octanol–water partition coefficient (Wildman–Crippen LogP) is 3.54. The molecule has 0 fully saturated rings. The Balaban J connectivity index is 2.11. The number of hydrogen-bond donors (Lipinski definition) is 1. The highest BCUT2D eigenvalue weighted by Crippen LogP contribution is 2.22. The second-order valence-electron chi connectivity index (χ2n) is 4.13. The summed E-state index contributed by atoms with van der Waals surface area (Å²) in [4.78, 5) is 4.55. The quantitative estimate of drug-likeness (QED) is 0.865. The fraction of sp³-hybridized carbons (Fsp3) is 0.462. The first-order valence-electron chi connectivity index (χ1n) is 5.85. The lowest BCUT2D eigenvalue weighted by Crippen LogP contribution is -2.07. The van der Waals surface area contributed by atoms with Crippen molar-refractivity contribution in [3.8, 4) is 0 Å². The van der Waals surface area contributed by atoms with Gasteiger partial charge >= 0.3 is 0 Å². The number of benzene rings is 1. The van der Waals surface area contributed by atoms with Crippen LogP contribution in [0.4, 0.5) is 5.69 Å². The summed E-state index contributed by atoms with van der Waals surface area (Å²) in [5.74, 6) is 1.10. The molecule has 1 aliphatic heterocycles. The predicted molar refractivity (Wildman–Crippen MR) is 73.4 cm³/mol. The minimum atomic E-state index is 0.450. The molecule has 86 valence electrons. The molecule has 1 aliphatic rings. The van der Waals surface area contributed by atoms with Gasteiger partial charge in [-0.05, 0) is 25.0 Å². The van der Waals surface area contributed by atoms with Crippen LogP contribution in [0.5, 0.6) is 0 Å². The lowest BCUT2D eigenvalue weighted by molar-refractivity contribution is 0.865. The molecule has 2 rings (SSSR count). The van der Waals surface area contributed by atoms with Crippen LogP contribution in [0.3, 0.4) is 0 Å². The smallest absolute Gasteiger partial charge is 0.161 e. The molecule has 16 heavy (non-hydrogen) atoms. The Labute approximate surface area is 102 Å². The highest BCUT2D eigenvalue weighted by molar-refractivity contribution is 8.14.